The molecule has 7 heteroatoms. The van der Waals surface area contributed by atoms with Gasteiger partial charge in [-0.1, -0.05) is 18.2 Å². The fourth-order valence-electron chi connectivity index (χ4n) is 1.24. The van der Waals surface area contributed by atoms with Crippen LogP contribution < -0.4 is 5.32 Å². The van der Waals surface area contributed by atoms with E-state index in [1.807, 2.05) is 0 Å². The largest absolute Gasteiger partial charge is 0.479 e. The van der Waals surface area contributed by atoms with Gasteiger partial charge in [0, 0.05) is 12.8 Å². The number of ether oxygens (including phenoxy) is 1. The summed E-state index contributed by atoms with van der Waals surface area (Å²) in [5.74, 6) is -5.81. The molecule has 1 aromatic carbocycles. The van der Waals surface area contributed by atoms with Crippen LogP contribution in [-0.4, -0.2) is 46.2 Å². The molecule has 7 nitrogen and oxygen atoms in total. The molecule has 18 heavy (non-hydrogen) atoms. The number of anilines is 1. The summed E-state index contributed by atoms with van der Waals surface area (Å²) in [6.07, 6.45) is -2.40. The van der Waals surface area contributed by atoms with Gasteiger partial charge < -0.3 is 25.4 Å². The summed E-state index contributed by atoms with van der Waals surface area (Å²) in [4.78, 5) is 22.3. The van der Waals surface area contributed by atoms with Crippen LogP contribution in [0.1, 0.15) is 0 Å². The number of hydrogen-bond acceptors (Lipinski definition) is 5. The fraction of sp³-hybridized carbons (Fsp3) is 0.273. The number of methoxy groups -OCH3 is 1. The zero-order chi connectivity index (χ0) is 13.8. The van der Waals surface area contributed by atoms with Crippen LogP contribution in [0.5, 0.6) is 0 Å². The topological polar surface area (TPSA) is 116 Å². The minimum Gasteiger partial charge on any atom is -0.479 e. The van der Waals surface area contributed by atoms with Crippen LogP contribution in [0.4, 0.5) is 5.69 Å². The van der Waals surface area contributed by atoms with Crippen LogP contribution in [0.2, 0.25) is 0 Å². The highest BCUT2D eigenvalue weighted by Crippen LogP contribution is 2.16. The van der Waals surface area contributed by atoms with Crippen molar-refractivity contribution < 1.29 is 29.6 Å². The Balaban J connectivity index is 2.89. The molecule has 2 unspecified atom stereocenters. The van der Waals surface area contributed by atoms with Crippen LogP contribution in [0.25, 0.3) is 0 Å². The SMILES string of the molecule is COC(O)(C(=O)Nc1ccccc1)C(O)C(=O)O. The second-order valence-electron chi connectivity index (χ2n) is 3.46. The molecule has 0 aliphatic carbocycles. The second-order valence-corrected chi connectivity index (χ2v) is 3.46. The van der Waals surface area contributed by atoms with Crippen LogP contribution >= 0.6 is 0 Å². The average Bonchev–Trinajstić information content (AvgIpc) is 2.37. The molecule has 0 fully saturated rings. The van der Waals surface area contributed by atoms with E-state index in [0.717, 1.165) is 7.11 Å². The molecule has 1 amide bonds. The Morgan fingerprint density at radius 3 is 2.33 bits per heavy atom. The van der Waals surface area contributed by atoms with Gasteiger partial charge in [-0.15, -0.1) is 0 Å². The van der Waals surface area contributed by atoms with E-state index in [-0.39, 0.29) is 0 Å². The van der Waals surface area contributed by atoms with Gasteiger partial charge in [0.05, 0.1) is 0 Å². The number of para-hydroxylation sites is 1. The molecular weight excluding hydrogens is 242 g/mol. The smallest absolute Gasteiger partial charge is 0.338 e. The number of rotatable bonds is 5. The Kier molecular flexibility index (Phi) is 4.38. The Labute approximate surface area is 103 Å². The molecule has 1 aromatic rings. The molecule has 0 saturated heterocycles. The quantitative estimate of drug-likeness (QED) is 0.522. The van der Waals surface area contributed by atoms with Crippen molar-refractivity contribution in [1.82, 2.24) is 0 Å². The number of aliphatic carboxylic acids is 1. The molecule has 0 spiro atoms. The van der Waals surface area contributed by atoms with Gasteiger partial charge in [-0.2, -0.15) is 0 Å². The average molecular weight is 255 g/mol. The van der Waals surface area contributed by atoms with Crippen molar-refractivity contribution in [3.8, 4) is 0 Å². The summed E-state index contributed by atoms with van der Waals surface area (Å²) >= 11 is 0. The maximum Gasteiger partial charge on any atom is 0.338 e. The van der Waals surface area contributed by atoms with Crippen LogP contribution in [0.3, 0.4) is 0 Å². The number of nitrogens with one attached hydrogen (secondary N) is 1. The number of carboxylic acid groups (broad SMARTS) is 1. The molecule has 0 saturated carbocycles. The lowest BCUT2D eigenvalue weighted by molar-refractivity contribution is -0.233. The number of carbonyl (C=O) groups excluding carboxylic acids is 1. The van der Waals surface area contributed by atoms with Gasteiger partial charge in [-0.25, -0.2) is 4.79 Å². The standard InChI is InChI=1S/C11H13NO6/c1-18-11(17,8(13)9(14)15)10(16)12-7-5-3-2-4-6-7/h2-6,8,13,17H,1H3,(H,12,16)(H,14,15). The second kappa shape index (κ2) is 5.58. The van der Waals surface area contributed by atoms with Gasteiger partial charge in [0.15, 0.2) is 0 Å². The highest BCUT2D eigenvalue weighted by Gasteiger charge is 2.48. The van der Waals surface area contributed by atoms with Crippen LogP contribution in [-0.2, 0) is 14.3 Å². The normalized spacial score (nSPS) is 15.5. The van der Waals surface area contributed by atoms with Gasteiger partial charge in [0.2, 0.25) is 6.10 Å². The predicted octanol–water partition coefficient (Wildman–Crippen LogP) is -0.594. The number of benzene rings is 1. The van der Waals surface area contributed by atoms with Crippen molar-refractivity contribution in [2.75, 3.05) is 12.4 Å². The van der Waals surface area contributed by atoms with E-state index < -0.39 is 23.8 Å². The molecule has 0 radical (unpaired) electrons. The zero-order valence-electron chi connectivity index (χ0n) is 9.53. The molecule has 1 rings (SSSR count). The maximum atomic E-state index is 11.7. The van der Waals surface area contributed by atoms with Gasteiger partial charge in [0.25, 0.3) is 11.7 Å². The van der Waals surface area contributed by atoms with Crippen LogP contribution in [0, 0.1) is 0 Å². The number of carbonyl (C=O) groups is 2. The van der Waals surface area contributed by atoms with Crippen LogP contribution in [0.15, 0.2) is 30.3 Å². The number of amides is 1. The first-order valence-corrected chi connectivity index (χ1v) is 4.96. The summed E-state index contributed by atoms with van der Waals surface area (Å²) in [5.41, 5.74) is 0.329. The minimum atomic E-state index is -2.86. The van der Waals surface area contributed by atoms with Gasteiger partial charge in [-0.3, -0.25) is 4.79 Å². The summed E-state index contributed by atoms with van der Waals surface area (Å²) in [6, 6.07) is 8.04. The van der Waals surface area contributed by atoms with Crippen molar-refractivity contribution in [2.24, 2.45) is 0 Å². The lowest BCUT2D eigenvalue weighted by Crippen LogP contribution is -2.57. The van der Waals surface area contributed by atoms with E-state index >= 15 is 0 Å². The summed E-state index contributed by atoms with van der Waals surface area (Å²) in [6.45, 7) is 0. The molecule has 0 aliphatic heterocycles. The van der Waals surface area contributed by atoms with Gasteiger partial charge >= 0.3 is 5.97 Å². The predicted molar refractivity (Wildman–Crippen MR) is 60.7 cm³/mol. The monoisotopic (exact) mass is 255 g/mol. The number of hydrogen-bond donors (Lipinski definition) is 4. The molecular formula is C11H13NO6. The summed E-state index contributed by atoms with van der Waals surface area (Å²) < 4.78 is 4.41. The summed E-state index contributed by atoms with van der Waals surface area (Å²) in [5, 5.41) is 29.8. The third kappa shape index (κ3) is 2.83. The highest BCUT2D eigenvalue weighted by molar-refractivity contribution is 5.99. The molecule has 0 aromatic heterocycles. The van der Waals surface area contributed by atoms with Crippen molar-refractivity contribution in [3.63, 3.8) is 0 Å². The number of aliphatic hydroxyl groups excluding tert-OH is 1. The van der Waals surface area contributed by atoms with Gasteiger partial charge in [0.1, 0.15) is 0 Å². The molecule has 2 atom stereocenters. The maximum absolute atomic E-state index is 11.7. The van der Waals surface area contributed by atoms with E-state index in [9.17, 15) is 19.8 Å². The van der Waals surface area contributed by atoms with E-state index in [1.165, 1.54) is 12.1 Å². The first-order chi connectivity index (χ1) is 8.41. The Morgan fingerprint density at radius 2 is 1.89 bits per heavy atom. The third-order valence-electron chi connectivity index (χ3n) is 2.27. The Bertz CT molecular complexity index is 434. The highest BCUT2D eigenvalue weighted by atomic mass is 16.6. The van der Waals surface area contributed by atoms with E-state index in [1.54, 1.807) is 18.2 Å². The molecule has 0 aliphatic rings. The molecule has 0 heterocycles. The fourth-order valence-corrected chi connectivity index (χ4v) is 1.24. The van der Waals surface area contributed by atoms with Gasteiger partial charge in [-0.05, 0) is 12.1 Å². The first kappa shape index (κ1) is 14.1. The number of carboxylic acids is 1. The Hall–Kier alpha value is -1.96. The minimum absolute atomic E-state index is 0.329. The Morgan fingerprint density at radius 1 is 1.33 bits per heavy atom. The summed E-state index contributed by atoms with van der Waals surface area (Å²) in [7, 11) is 0.913. The van der Waals surface area contributed by atoms with Crippen molar-refractivity contribution in [1.29, 1.82) is 0 Å². The molecule has 98 valence electrons. The lowest BCUT2D eigenvalue weighted by atomic mass is 10.1. The third-order valence-corrected chi connectivity index (χ3v) is 2.27. The molecule has 4 N–H and O–H groups in total. The lowest BCUT2D eigenvalue weighted by Gasteiger charge is -2.27. The molecule has 0 bridgehead atoms. The number of aliphatic hydroxyl groups is 2. The first-order valence-electron chi connectivity index (χ1n) is 4.96. The van der Waals surface area contributed by atoms with Crippen molar-refractivity contribution >= 4 is 17.6 Å². The zero-order valence-corrected chi connectivity index (χ0v) is 9.53. The van der Waals surface area contributed by atoms with E-state index in [4.69, 9.17) is 5.11 Å². The van der Waals surface area contributed by atoms with Crippen molar-refractivity contribution in [3.05, 3.63) is 30.3 Å². The van der Waals surface area contributed by atoms with Crippen molar-refractivity contribution in [2.45, 2.75) is 11.9 Å². The van der Waals surface area contributed by atoms with E-state index in [2.05, 4.69) is 10.1 Å². The van der Waals surface area contributed by atoms with E-state index in [0.29, 0.717) is 5.69 Å².